The number of carbonyl (C=O) groups excluding carboxylic acids is 1. The summed E-state index contributed by atoms with van der Waals surface area (Å²) in [5.74, 6) is 1.43. The fourth-order valence-electron chi connectivity index (χ4n) is 3.42. The maximum absolute atomic E-state index is 12.8. The Morgan fingerprint density at radius 1 is 1.19 bits per heavy atom. The number of amides is 1. The van der Waals surface area contributed by atoms with Crippen LogP contribution in [0.5, 0.6) is 0 Å². The van der Waals surface area contributed by atoms with Crippen LogP contribution in [-0.2, 0) is 0 Å². The molecule has 4 aromatic rings. The number of fused-ring (bicyclic) bond motifs is 1. The third kappa shape index (κ3) is 4.27. The van der Waals surface area contributed by atoms with Gasteiger partial charge in [-0.15, -0.1) is 0 Å². The Kier molecular flexibility index (Phi) is 5.45. The molecular formula is C24H25N5O3. The predicted molar refractivity (Wildman–Crippen MR) is 119 cm³/mol. The van der Waals surface area contributed by atoms with Crippen LogP contribution in [0.4, 0.5) is 5.69 Å². The molecule has 0 aliphatic heterocycles. The number of imidazole rings is 1. The molecule has 2 aliphatic carbocycles. The van der Waals surface area contributed by atoms with Crippen molar-refractivity contribution in [3.05, 3.63) is 65.9 Å². The summed E-state index contributed by atoms with van der Waals surface area (Å²) in [6, 6.07) is 11.4. The highest BCUT2D eigenvalue weighted by Crippen LogP contribution is 2.39. The molecule has 2 fully saturated rings. The molecule has 3 heterocycles. The predicted octanol–water partition coefficient (Wildman–Crippen LogP) is 4.35. The summed E-state index contributed by atoms with van der Waals surface area (Å²) in [6.07, 6.45) is 8.99. The standard InChI is InChI=1S/C20H17N5O2.C4H8O/c1-12-5-6-14(18-23-20(27-24-18)13-7-8-13)10-15(12)22-19(26)16-11-21-17-4-2-3-9-25(16)17;5-4-2-1-3-4/h2-6,9-11,13H,7-8H2,1H3,(H,22,26);4-5H,1-3H2. The monoisotopic (exact) mass is 431 g/mol. The number of aliphatic hydroxyl groups is 1. The van der Waals surface area contributed by atoms with Gasteiger partial charge < -0.3 is 14.9 Å². The first-order valence-electron chi connectivity index (χ1n) is 10.9. The molecule has 8 nitrogen and oxygen atoms in total. The Bertz CT molecular complexity index is 1250. The van der Waals surface area contributed by atoms with Crippen molar-refractivity contribution in [2.24, 2.45) is 0 Å². The van der Waals surface area contributed by atoms with Gasteiger partial charge in [-0.25, -0.2) is 4.98 Å². The number of hydrogen-bond donors (Lipinski definition) is 2. The van der Waals surface area contributed by atoms with Gasteiger partial charge in [0.05, 0.1) is 12.3 Å². The molecule has 0 radical (unpaired) electrons. The summed E-state index contributed by atoms with van der Waals surface area (Å²) in [7, 11) is 0. The first kappa shape index (κ1) is 20.4. The summed E-state index contributed by atoms with van der Waals surface area (Å²) >= 11 is 0. The zero-order chi connectivity index (χ0) is 22.1. The molecule has 164 valence electrons. The van der Waals surface area contributed by atoms with Crippen LogP contribution in [0.3, 0.4) is 0 Å². The zero-order valence-corrected chi connectivity index (χ0v) is 17.9. The highest BCUT2D eigenvalue weighted by atomic mass is 16.5. The van der Waals surface area contributed by atoms with Gasteiger partial charge in [0.15, 0.2) is 0 Å². The van der Waals surface area contributed by atoms with Crippen molar-refractivity contribution in [1.29, 1.82) is 0 Å². The van der Waals surface area contributed by atoms with E-state index in [1.165, 1.54) is 6.42 Å². The van der Waals surface area contributed by atoms with Crippen LogP contribution in [-0.4, -0.2) is 36.6 Å². The summed E-state index contributed by atoms with van der Waals surface area (Å²) in [5, 5.41) is 15.5. The van der Waals surface area contributed by atoms with E-state index in [1.54, 1.807) is 10.6 Å². The van der Waals surface area contributed by atoms with E-state index in [-0.39, 0.29) is 12.0 Å². The summed E-state index contributed by atoms with van der Waals surface area (Å²) < 4.78 is 7.10. The number of aliphatic hydroxyl groups excluding tert-OH is 1. The number of aromatic nitrogens is 4. The van der Waals surface area contributed by atoms with Gasteiger partial charge in [0.25, 0.3) is 5.91 Å². The lowest BCUT2D eigenvalue weighted by Crippen LogP contribution is -2.15. The van der Waals surface area contributed by atoms with Crippen molar-refractivity contribution in [3.8, 4) is 11.4 Å². The molecule has 2 aliphatic rings. The van der Waals surface area contributed by atoms with Crippen LogP contribution in [0.1, 0.15) is 60.0 Å². The first-order chi connectivity index (χ1) is 15.6. The molecule has 3 aromatic heterocycles. The Hall–Kier alpha value is -3.52. The van der Waals surface area contributed by atoms with E-state index in [0.29, 0.717) is 29.0 Å². The summed E-state index contributed by atoms with van der Waals surface area (Å²) in [5.41, 5.74) is 3.68. The molecule has 0 spiro atoms. The number of carbonyl (C=O) groups is 1. The van der Waals surface area contributed by atoms with Crippen molar-refractivity contribution < 1.29 is 14.4 Å². The highest BCUT2D eigenvalue weighted by Gasteiger charge is 2.29. The van der Waals surface area contributed by atoms with Gasteiger partial charge in [-0.1, -0.05) is 23.4 Å². The smallest absolute Gasteiger partial charge is 0.274 e. The average Bonchev–Trinajstić information content (AvgIpc) is 3.35. The lowest BCUT2D eigenvalue weighted by atomic mass is 9.97. The van der Waals surface area contributed by atoms with Crippen LogP contribution in [0, 0.1) is 6.92 Å². The van der Waals surface area contributed by atoms with Crippen molar-refractivity contribution in [1.82, 2.24) is 19.5 Å². The van der Waals surface area contributed by atoms with Crippen LogP contribution >= 0.6 is 0 Å². The number of pyridine rings is 1. The fourth-order valence-corrected chi connectivity index (χ4v) is 3.42. The van der Waals surface area contributed by atoms with Gasteiger partial charge in [-0.3, -0.25) is 9.20 Å². The molecule has 1 aromatic carbocycles. The molecule has 0 saturated heterocycles. The van der Waals surface area contributed by atoms with E-state index in [9.17, 15) is 4.79 Å². The number of nitrogens with zero attached hydrogens (tertiary/aromatic N) is 4. The van der Waals surface area contributed by atoms with Crippen molar-refractivity contribution in [2.45, 2.75) is 51.0 Å². The molecule has 8 heteroatoms. The Balaban J connectivity index is 0.000000383. The number of hydrogen-bond acceptors (Lipinski definition) is 6. The largest absolute Gasteiger partial charge is 0.393 e. The van der Waals surface area contributed by atoms with E-state index in [0.717, 1.165) is 42.5 Å². The van der Waals surface area contributed by atoms with Gasteiger partial charge in [0, 0.05) is 23.4 Å². The lowest BCUT2D eigenvalue weighted by molar-refractivity contribution is 0.0949. The topological polar surface area (TPSA) is 106 Å². The Morgan fingerprint density at radius 3 is 2.72 bits per heavy atom. The minimum atomic E-state index is -0.222. The minimum absolute atomic E-state index is 0.0648. The molecule has 1 amide bonds. The second-order valence-electron chi connectivity index (χ2n) is 8.37. The number of anilines is 1. The third-order valence-electron chi connectivity index (χ3n) is 5.84. The lowest BCUT2D eigenvalue weighted by Gasteiger charge is -2.17. The SMILES string of the molecule is Cc1ccc(-c2noc(C3CC3)n2)cc1NC(=O)c1cnc2ccccn12.OC1CCC1. The van der Waals surface area contributed by atoms with Gasteiger partial charge in [0.2, 0.25) is 11.7 Å². The van der Waals surface area contributed by atoms with Gasteiger partial charge in [-0.05, 0) is 62.8 Å². The van der Waals surface area contributed by atoms with Crippen LogP contribution < -0.4 is 5.32 Å². The number of aryl methyl sites for hydroxylation is 1. The maximum atomic E-state index is 12.8. The van der Waals surface area contributed by atoms with E-state index in [2.05, 4.69) is 20.4 Å². The quantitative estimate of drug-likeness (QED) is 0.498. The van der Waals surface area contributed by atoms with Crippen LogP contribution in [0.15, 0.2) is 53.3 Å². The summed E-state index contributed by atoms with van der Waals surface area (Å²) in [6.45, 7) is 1.94. The molecule has 2 N–H and O–H groups in total. The second kappa shape index (κ2) is 8.55. The molecule has 0 unspecified atom stereocenters. The Labute approximate surface area is 185 Å². The van der Waals surface area contributed by atoms with Gasteiger partial charge in [-0.2, -0.15) is 4.98 Å². The van der Waals surface area contributed by atoms with E-state index < -0.39 is 0 Å². The molecule has 0 atom stereocenters. The van der Waals surface area contributed by atoms with Crippen LogP contribution in [0.2, 0.25) is 0 Å². The maximum Gasteiger partial charge on any atom is 0.274 e. The van der Waals surface area contributed by atoms with Crippen molar-refractivity contribution in [2.75, 3.05) is 5.32 Å². The third-order valence-corrected chi connectivity index (χ3v) is 5.84. The highest BCUT2D eigenvalue weighted by molar-refractivity contribution is 6.04. The molecule has 32 heavy (non-hydrogen) atoms. The van der Waals surface area contributed by atoms with E-state index >= 15 is 0 Å². The first-order valence-corrected chi connectivity index (χ1v) is 10.9. The van der Waals surface area contributed by atoms with E-state index in [1.807, 2.05) is 49.5 Å². The average molecular weight is 431 g/mol. The molecule has 0 bridgehead atoms. The zero-order valence-electron chi connectivity index (χ0n) is 17.9. The van der Waals surface area contributed by atoms with Gasteiger partial charge >= 0.3 is 0 Å². The van der Waals surface area contributed by atoms with Crippen molar-refractivity contribution in [3.63, 3.8) is 0 Å². The van der Waals surface area contributed by atoms with Crippen LogP contribution in [0.25, 0.3) is 17.0 Å². The van der Waals surface area contributed by atoms with Crippen molar-refractivity contribution >= 4 is 17.2 Å². The second-order valence-corrected chi connectivity index (χ2v) is 8.37. The Morgan fingerprint density at radius 2 is 2.00 bits per heavy atom. The molecular weight excluding hydrogens is 406 g/mol. The molecule has 6 rings (SSSR count). The summed E-state index contributed by atoms with van der Waals surface area (Å²) in [4.78, 5) is 21.5. The normalized spacial score (nSPS) is 15.7. The molecule has 2 saturated carbocycles. The number of benzene rings is 1. The minimum Gasteiger partial charge on any atom is -0.393 e. The fraction of sp³-hybridized carbons (Fsp3) is 0.333. The van der Waals surface area contributed by atoms with Gasteiger partial charge in [0.1, 0.15) is 11.3 Å². The van der Waals surface area contributed by atoms with E-state index in [4.69, 9.17) is 9.63 Å². The number of rotatable bonds is 4. The number of nitrogens with one attached hydrogen (secondary N) is 1.